The number of nitrogens with one attached hydrogen (secondary N) is 1. The van der Waals surface area contributed by atoms with Gasteiger partial charge in [-0.1, -0.05) is 0 Å². The topological polar surface area (TPSA) is 98.9 Å². The van der Waals surface area contributed by atoms with Crippen molar-refractivity contribution >= 4 is 27.8 Å². The Morgan fingerprint density at radius 2 is 2.00 bits per heavy atom. The summed E-state index contributed by atoms with van der Waals surface area (Å²) in [5.74, 6) is 1.42. The second-order valence-electron chi connectivity index (χ2n) is 10.1. The van der Waals surface area contributed by atoms with Crippen LogP contribution in [0.25, 0.3) is 21.9 Å². The van der Waals surface area contributed by atoms with Crippen LogP contribution in [0, 0.1) is 16.7 Å². The summed E-state index contributed by atoms with van der Waals surface area (Å²) in [6, 6.07) is 8.00. The molecule has 1 N–H and O–H groups in total. The largest absolute Gasteiger partial charge is 0.496 e. The van der Waals surface area contributed by atoms with Gasteiger partial charge in [0.1, 0.15) is 36.2 Å². The third kappa shape index (κ3) is 4.44. The number of halogens is 3. The summed E-state index contributed by atoms with van der Waals surface area (Å²) in [4.78, 5) is 16.2. The molecule has 2 aliphatic heterocycles. The Balaban J connectivity index is 1.19. The van der Waals surface area contributed by atoms with Gasteiger partial charge in [0.15, 0.2) is 5.65 Å². The molecule has 12 heteroatoms. The first-order valence-electron chi connectivity index (χ1n) is 12.1. The molecule has 0 bridgehead atoms. The van der Waals surface area contributed by atoms with Crippen LogP contribution >= 0.6 is 0 Å². The van der Waals surface area contributed by atoms with Crippen molar-refractivity contribution in [1.82, 2.24) is 29.6 Å². The first kappa shape index (κ1) is 23.5. The van der Waals surface area contributed by atoms with Gasteiger partial charge in [0.05, 0.1) is 18.0 Å². The van der Waals surface area contributed by atoms with Crippen molar-refractivity contribution in [3.05, 3.63) is 42.0 Å². The van der Waals surface area contributed by atoms with Gasteiger partial charge in [-0.15, -0.1) is 0 Å². The van der Waals surface area contributed by atoms with Crippen molar-refractivity contribution in [2.75, 3.05) is 38.2 Å². The molecule has 4 aromatic rings. The summed E-state index contributed by atoms with van der Waals surface area (Å²) in [5, 5.41) is 14.7. The predicted molar refractivity (Wildman–Crippen MR) is 130 cm³/mol. The molecule has 6 rings (SSSR count). The highest BCUT2D eigenvalue weighted by Gasteiger charge is 2.44. The summed E-state index contributed by atoms with van der Waals surface area (Å²) in [7, 11) is 1.65. The molecule has 3 aromatic heterocycles. The lowest BCUT2D eigenvalue weighted by molar-refractivity contribution is -0.142. The number of ether oxygens (including phenoxy) is 1. The van der Waals surface area contributed by atoms with Crippen LogP contribution in [0.15, 0.2) is 30.7 Å². The zero-order valence-corrected chi connectivity index (χ0v) is 20.2. The van der Waals surface area contributed by atoms with Crippen LogP contribution < -0.4 is 9.64 Å². The maximum Gasteiger partial charge on any atom is 0.408 e. The van der Waals surface area contributed by atoms with E-state index < -0.39 is 12.7 Å². The Bertz CT molecular complexity index is 1520. The van der Waals surface area contributed by atoms with Crippen molar-refractivity contribution in [2.24, 2.45) is 5.41 Å². The minimum atomic E-state index is -4.35. The number of benzene rings is 1. The number of nitrogens with zero attached hydrogens (tertiary/aromatic N) is 7. The molecule has 1 aromatic carbocycles. The lowest BCUT2D eigenvalue weighted by atomic mass is 9.86. The molecule has 1 atom stereocenters. The van der Waals surface area contributed by atoms with Gasteiger partial charge >= 0.3 is 6.18 Å². The van der Waals surface area contributed by atoms with Gasteiger partial charge < -0.3 is 14.6 Å². The van der Waals surface area contributed by atoms with Gasteiger partial charge in [-0.3, -0.25) is 9.58 Å². The number of anilines is 1. The van der Waals surface area contributed by atoms with Gasteiger partial charge in [0.2, 0.25) is 0 Å². The third-order valence-electron chi connectivity index (χ3n) is 7.48. The molecule has 5 heterocycles. The summed E-state index contributed by atoms with van der Waals surface area (Å²) in [6.45, 7) is 2.98. The molecule has 192 valence electrons. The molecule has 2 fully saturated rings. The lowest BCUT2D eigenvalue weighted by Crippen LogP contribution is -2.31. The number of rotatable bonds is 5. The molecule has 9 nitrogen and oxygen atoms in total. The van der Waals surface area contributed by atoms with E-state index in [1.807, 2.05) is 12.1 Å². The van der Waals surface area contributed by atoms with Gasteiger partial charge in [0.25, 0.3) is 0 Å². The van der Waals surface area contributed by atoms with Crippen molar-refractivity contribution in [2.45, 2.75) is 32.1 Å². The fourth-order valence-corrected chi connectivity index (χ4v) is 5.82. The minimum absolute atomic E-state index is 0.0820. The quantitative estimate of drug-likeness (QED) is 0.435. The average molecular weight is 511 g/mol. The molecular formula is C25H25F3N8O. The standard InChI is InChI=1S/C25H25F3N8O/c1-37-21-8-20-16(7-18(9-29)32-20)6-17(21)10-34-4-2-24(12-34)3-5-35(13-24)23-19-11-36(14-25(26,27)28)33-22(19)30-15-31-23/h6-8,11,15,32H,2-5,10,12-14H2,1H3. The zero-order valence-electron chi connectivity index (χ0n) is 20.2. The zero-order chi connectivity index (χ0) is 25.8. The van der Waals surface area contributed by atoms with E-state index in [9.17, 15) is 18.4 Å². The third-order valence-corrected chi connectivity index (χ3v) is 7.48. The smallest absolute Gasteiger partial charge is 0.408 e. The van der Waals surface area contributed by atoms with E-state index in [4.69, 9.17) is 4.74 Å². The van der Waals surface area contributed by atoms with Crippen molar-refractivity contribution in [1.29, 1.82) is 5.26 Å². The molecule has 0 radical (unpaired) electrons. The van der Waals surface area contributed by atoms with Crippen LogP contribution in [0.5, 0.6) is 5.75 Å². The number of methoxy groups -OCH3 is 1. The Morgan fingerprint density at radius 3 is 2.78 bits per heavy atom. The van der Waals surface area contributed by atoms with E-state index >= 15 is 0 Å². The van der Waals surface area contributed by atoms with Gasteiger partial charge in [-0.05, 0) is 31.5 Å². The first-order valence-corrected chi connectivity index (χ1v) is 12.1. The lowest BCUT2D eigenvalue weighted by Gasteiger charge is -2.25. The number of H-pyrrole nitrogens is 1. The molecule has 0 aliphatic carbocycles. The highest BCUT2D eigenvalue weighted by atomic mass is 19.4. The minimum Gasteiger partial charge on any atom is -0.496 e. The van der Waals surface area contributed by atoms with E-state index in [2.05, 4.69) is 42.0 Å². The first-order chi connectivity index (χ1) is 17.7. The molecule has 37 heavy (non-hydrogen) atoms. The molecule has 1 unspecified atom stereocenters. The van der Waals surface area contributed by atoms with Gasteiger partial charge in [-0.25, -0.2) is 9.97 Å². The number of nitriles is 1. The normalized spacial score (nSPS) is 20.5. The summed E-state index contributed by atoms with van der Waals surface area (Å²) in [6.07, 6.45) is 0.414. The monoisotopic (exact) mass is 510 g/mol. The van der Waals surface area contributed by atoms with Crippen molar-refractivity contribution < 1.29 is 17.9 Å². The van der Waals surface area contributed by atoms with Crippen LogP contribution in [0.3, 0.4) is 0 Å². The molecule has 0 saturated carbocycles. The SMILES string of the molecule is COc1cc2[nH]c(C#N)cc2cc1CN1CCC2(CCN(c3ncnc4nn(CC(F)(F)F)cc34)C2)C1. The van der Waals surface area contributed by atoms with E-state index in [0.29, 0.717) is 16.9 Å². The van der Waals surface area contributed by atoms with Crippen LogP contribution in [-0.4, -0.2) is 69.1 Å². The van der Waals surface area contributed by atoms with Crippen molar-refractivity contribution in [3.63, 3.8) is 0 Å². The Hall–Kier alpha value is -3.85. The fraction of sp³-hybridized carbons (Fsp3) is 0.440. The maximum absolute atomic E-state index is 12.9. The van der Waals surface area contributed by atoms with E-state index in [-0.39, 0.29) is 11.1 Å². The van der Waals surface area contributed by atoms with Gasteiger partial charge in [0, 0.05) is 54.8 Å². The molecule has 2 aliphatic rings. The predicted octanol–water partition coefficient (Wildman–Crippen LogP) is 3.85. The van der Waals surface area contributed by atoms with E-state index in [0.717, 1.165) is 72.5 Å². The van der Waals surface area contributed by atoms with Crippen LogP contribution in [0.2, 0.25) is 0 Å². The Kier molecular flexibility index (Phi) is 5.49. The summed E-state index contributed by atoms with van der Waals surface area (Å²) in [5.41, 5.74) is 2.81. The van der Waals surface area contributed by atoms with E-state index in [1.54, 1.807) is 7.11 Å². The van der Waals surface area contributed by atoms with Crippen LogP contribution in [0.1, 0.15) is 24.1 Å². The molecular weight excluding hydrogens is 485 g/mol. The maximum atomic E-state index is 12.9. The molecule has 0 amide bonds. The number of aromatic nitrogens is 5. The number of hydrogen-bond donors (Lipinski definition) is 1. The fourth-order valence-electron chi connectivity index (χ4n) is 5.82. The summed E-state index contributed by atoms with van der Waals surface area (Å²) >= 11 is 0. The van der Waals surface area contributed by atoms with Crippen molar-refractivity contribution in [3.8, 4) is 11.8 Å². The highest BCUT2D eigenvalue weighted by molar-refractivity contribution is 5.86. The number of hydrogen-bond acceptors (Lipinski definition) is 7. The van der Waals surface area contributed by atoms with Crippen LogP contribution in [-0.2, 0) is 13.1 Å². The highest BCUT2D eigenvalue weighted by Crippen LogP contribution is 2.42. The Morgan fingerprint density at radius 1 is 1.16 bits per heavy atom. The summed E-state index contributed by atoms with van der Waals surface area (Å²) < 4.78 is 45.1. The number of alkyl halides is 3. The number of aromatic amines is 1. The number of fused-ring (bicyclic) bond motifs is 2. The molecule has 1 spiro atoms. The number of likely N-dealkylation sites (tertiary alicyclic amines) is 1. The average Bonchev–Trinajstić information content (AvgIpc) is 3.63. The second-order valence-corrected chi connectivity index (χ2v) is 10.1. The Labute approximate surface area is 210 Å². The second kappa shape index (κ2) is 8.62. The van der Waals surface area contributed by atoms with Gasteiger partial charge in [-0.2, -0.15) is 23.5 Å². The molecule has 2 saturated heterocycles. The van der Waals surface area contributed by atoms with E-state index in [1.165, 1.54) is 12.5 Å². The van der Waals surface area contributed by atoms with Crippen LogP contribution in [0.4, 0.5) is 19.0 Å².